The number of carboxylic acid groups (broad SMARTS) is 1. The van der Waals surface area contributed by atoms with Crippen LogP contribution in [-0.2, 0) is 4.79 Å². The van der Waals surface area contributed by atoms with Gasteiger partial charge in [0.1, 0.15) is 10.3 Å². The summed E-state index contributed by atoms with van der Waals surface area (Å²) < 4.78 is 13.4. The molecule has 1 saturated heterocycles. The van der Waals surface area contributed by atoms with Crippen LogP contribution in [0.4, 0.5) is 10.1 Å². The number of hydrogen-bond acceptors (Lipinski definition) is 4. The van der Waals surface area contributed by atoms with E-state index >= 15 is 0 Å². The van der Waals surface area contributed by atoms with Gasteiger partial charge in [0.2, 0.25) is 0 Å². The van der Waals surface area contributed by atoms with Crippen LogP contribution >= 0.6 is 15.9 Å². The Morgan fingerprint density at radius 1 is 1.45 bits per heavy atom. The molecule has 22 heavy (non-hydrogen) atoms. The van der Waals surface area contributed by atoms with Crippen molar-refractivity contribution in [2.24, 2.45) is 11.8 Å². The van der Waals surface area contributed by atoms with Gasteiger partial charge in [0.15, 0.2) is 0 Å². The molecule has 2 atom stereocenters. The number of nitro groups is 1. The Labute approximate surface area is 133 Å². The summed E-state index contributed by atoms with van der Waals surface area (Å²) in [5.74, 6) is -3.49. The minimum absolute atomic E-state index is 0.00785. The van der Waals surface area contributed by atoms with Gasteiger partial charge in [-0.3, -0.25) is 19.7 Å². The van der Waals surface area contributed by atoms with E-state index in [0.717, 1.165) is 6.07 Å². The van der Waals surface area contributed by atoms with Crippen LogP contribution in [0.25, 0.3) is 0 Å². The molecule has 0 bridgehead atoms. The standard InChI is InChI=1S/C13H12BrFN2O5/c1-6-4-16(5-9(6)13(19)20)12(18)8-2-7(15)3-10(11(8)14)17(21)22/h2-3,6,9H,4-5H2,1H3,(H,19,20)/t6-,9-/m1/s1. The van der Waals surface area contributed by atoms with Crippen molar-refractivity contribution in [1.82, 2.24) is 4.90 Å². The molecule has 2 rings (SSSR count). The molecule has 9 heteroatoms. The van der Waals surface area contributed by atoms with Crippen molar-refractivity contribution >= 4 is 33.5 Å². The van der Waals surface area contributed by atoms with Gasteiger partial charge in [0.05, 0.1) is 22.5 Å². The maximum atomic E-state index is 13.5. The van der Waals surface area contributed by atoms with Crippen molar-refractivity contribution in [2.45, 2.75) is 6.92 Å². The van der Waals surface area contributed by atoms with E-state index in [1.165, 1.54) is 4.90 Å². The second kappa shape index (κ2) is 5.99. The second-order valence-electron chi connectivity index (χ2n) is 5.18. The lowest BCUT2D eigenvalue weighted by Gasteiger charge is -2.17. The van der Waals surface area contributed by atoms with E-state index in [1.54, 1.807) is 6.92 Å². The van der Waals surface area contributed by atoms with E-state index in [2.05, 4.69) is 15.9 Å². The lowest BCUT2D eigenvalue weighted by molar-refractivity contribution is -0.385. The number of benzene rings is 1. The fraction of sp³-hybridized carbons (Fsp3) is 0.385. The van der Waals surface area contributed by atoms with Crippen LogP contribution in [0, 0.1) is 27.8 Å². The van der Waals surface area contributed by atoms with Crippen LogP contribution in [-0.4, -0.2) is 39.9 Å². The van der Waals surface area contributed by atoms with Crippen LogP contribution < -0.4 is 0 Å². The third-order valence-electron chi connectivity index (χ3n) is 3.66. The third-order valence-corrected chi connectivity index (χ3v) is 4.50. The smallest absolute Gasteiger partial charge is 0.308 e. The van der Waals surface area contributed by atoms with Crippen LogP contribution in [0.15, 0.2) is 16.6 Å². The van der Waals surface area contributed by atoms with Crippen molar-refractivity contribution in [3.63, 3.8) is 0 Å². The quantitative estimate of drug-likeness (QED) is 0.645. The van der Waals surface area contributed by atoms with E-state index < -0.39 is 34.2 Å². The predicted octanol–water partition coefficient (Wildman–Crippen LogP) is 2.29. The topological polar surface area (TPSA) is 101 Å². The van der Waals surface area contributed by atoms with E-state index in [9.17, 15) is 24.1 Å². The number of carbonyl (C=O) groups is 2. The van der Waals surface area contributed by atoms with E-state index in [0.29, 0.717) is 6.07 Å². The number of aliphatic carboxylic acids is 1. The summed E-state index contributed by atoms with van der Waals surface area (Å²) in [5.41, 5.74) is -0.740. The summed E-state index contributed by atoms with van der Waals surface area (Å²) in [4.78, 5) is 34.9. The molecule has 0 unspecified atom stereocenters. The highest BCUT2D eigenvalue weighted by Gasteiger charge is 2.38. The highest BCUT2D eigenvalue weighted by Crippen LogP contribution is 2.32. The van der Waals surface area contributed by atoms with Gasteiger partial charge in [0.25, 0.3) is 11.6 Å². The molecule has 1 aromatic carbocycles. The molecule has 1 N–H and O–H groups in total. The summed E-state index contributed by atoms with van der Waals surface area (Å²) in [6.45, 7) is 1.90. The number of carbonyl (C=O) groups excluding carboxylic acids is 1. The van der Waals surface area contributed by atoms with E-state index in [-0.39, 0.29) is 29.0 Å². The molecule has 1 aliphatic heterocycles. The maximum Gasteiger partial charge on any atom is 0.308 e. The summed E-state index contributed by atoms with van der Waals surface area (Å²) in [5, 5.41) is 19.9. The van der Waals surface area contributed by atoms with Crippen molar-refractivity contribution in [3.05, 3.63) is 38.1 Å². The average molecular weight is 375 g/mol. The molecular weight excluding hydrogens is 363 g/mol. The summed E-state index contributed by atoms with van der Waals surface area (Å²) in [7, 11) is 0. The Morgan fingerprint density at radius 3 is 2.59 bits per heavy atom. The summed E-state index contributed by atoms with van der Waals surface area (Å²) in [6.07, 6.45) is 0. The minimum atomic E-state index is -1.01. The van der Waals surface area contributed by atoms with Crippen LogP contribution in [0.3, 0.4) is 0 Å². The predicted molar refractivity (Wildman–Crippen MR) is 76.9 cm³/mol. The van der Waals surface area contributed by atoms with Gasteiger partial charge in [-0.05, 0) is 27.9 Å². The molecule has 1 aromatic rings. The van der Waals surface area contributed by atoms with Gasteiger partial charge < -0.3 is 10.0 Å². The van der Waals surface area contributed by atoms with Gasteiger partial charge in [-0.1, -0.05) is 6.92 Å². The third kappa shape index (κ3) is 2.94. The van der Waals surface area contributed by atoms with Crippen LogP contribution in [0.2, 0.25) is 0 Å². The Morgan fingerprint density at radius 2 is 2.09 bits per heavy atom. The number of carboxylic acids is 1. The fourth-order valence-electron chi connectivity index (χ4n) is 2.49. The first kappa shape index (κ1) is 16.3. The summed E-state index contributed by atoms with van der Waals surface area (Å²) >= 11 is 2.95. The molecule has 1 fully saturated rings. The van der Waals surface area contributed by atoms with Crippen LogP contribution in [0.5, 0.6) is 0 Å². The molecule has 1 amide bonds. The maximum absolute atomic E-state index is 13.5. The highest BCUT2D eigenvalue weighted by atomic mass is 79.9. The molecule has 1 heterocycles. The molecule has 0 radical (unpaired) electrons. The first-order chi connectivity index (χ1) is 10.2. The zero-order chi connectivity index (χ0) is 16.6. The zero-order valence-corrected chi connectivity index (χ0v) is 13.0. The Bertz CT molecular complexity index is 666. The molecular formula is C13H12BrFN2O5. The number of halogens is 2. The van der Waals surface area contributed by atoms with Crippen LogP contribution in [0.1, 0.15) is 17.3 Å². The fourth-order valence-corrected chi connectivity index (χ4v) is 3.03. The van der Waals surface area contributed by atoms with Crippen molar-refractivity contribution in [3.8, 4) is 0 Å². The number of hydrogen-bond donors (Lipinski definition) is 1. The molecule has 0 saturated carbocycles. The van der Waals surface area contributed by atoms with E-state index in [4.69, 9.17) is 5.11 Å². The van der Waals surface area contributed by atoms with E-state index in [1.807, 2.05) is 0 Å². The monoisotopic (exact) mass is 374 g/mol. The average Bonchev–Trinajstić information content (AvgIpc) is 2.82. The Kier molecular flexibility index (Phi) is 4.45. The van der Waals surface area contributed by atoms with Gasteiger partial charge in [-0.25, -0.2) is 4.39 Å². The number of rotatable bonds is 3. The first-order valence-corrected chi connectivity index (χ1v) is 7.17. The Hall–Kier alpha value is -2.03. The zero-order valence-electron chi connectivity index (χ0n) is 11.5. The normalized spacial score (nSPS) is 21.0. The lowest BCUT2D eigenvalue weighted by atomic mass is 9.99. The summed E-state index contributed by atoms with van der Waals surface area (Å²) in [6, 6.07) is 1.62. The number of nitrogens with zero attached hydrogens (tertiary/aromatic N) is 2. The molecule has 1 aliphatic rings. The largest absolute Gasteiger partial charge is 0.481 e. The highest BCUT2D eigenvalue weighted by molar-refractivity contribution is 9.10. The molecule has 0 aromatic heterocycles. The SMILES string of the molecule is C[C@@H]1CN(C(=O)c2cc(F)cc([N+](=O)[O-])c2Br)C[C@H]1C(=O)O. The first-order valence-electron chi connectivity index (χ1n) is 6.38. The molecule has 7 nitrogen and oxygen atoms in total. The van der Waals surface area contributed by atoms with Gasteiger partial charge >= 0.3 is 5.97 Å². The van der Waals surface area contributed by atoms with Gasteiger partial charge in [0, 0.05) is 13.1 Å². The number of amides is 1. The molecule has 118 valence electrons. The minimum Gasteiger partial charge on any atom is -0.481 e. The van der Waals surface area contributed by atoms with Gasteiger partial charge in [-0.2, -0.15) is 0 Å². The molecule has 0 aliphatic carbocycles. The molecule has 0 spiro atoms. The lowest BCUT2D eigenvalue weighted by Crippen LogP contribution is -2.30. The second-order valence-corrected chi connectivity index (χ2v) is 5.97. The number of likely N-dealkylation sites (tertiary alicyclic amines) is 1. The van der Waals surface area contributed by atoms with Crippen molar-refractivity contribution < 1.29 is 24.0 Å². The van der Waals surface area contributed by atoms with Gasteiger partial charge in [-0.15, -0.1) is 0 Å². The van der Waals surface area contributed by atoms with Crippen molar-refractivity contribution in [2.75, 3.05) is 13.1 Å². The van der Waals surface area contributed by atoms with Crippen molar-refractivity contribution in [1.29, 1.82) is 0 Å². The number of nitro benzene ring substituents is 1. The Balaban J connectivity index is 2.35.